The van der Waals surface area contributed by atoms with Gasteiger partial charge in [0.15, 0.2) is 0 Å². The van der Waals surface area contributed by atoms with Crippen LogP contribution < -0.4 is 20.3 Å². The van der Waals surface area contributed by atoms with Gasteiger partial charge in [-0.3, -0.25) is 19.7 Å². The first-order valence-electron chi connectivity index (χ1n) is 11.1. The number of imide groups is 1. The zero-order valence-electron chi connectivity index (χ0n) is 19.5. The lowest BCUT2D eigenvalue weighted by atomic mass is 9.88. The van der Waals surface area contributed by atoms with Crippen molar-refractivity contribution in [3.05, 3.63) is 17.9 Å². The average Bonchev–Trinajstić information content (AvgIpc) is 2.69. The molecule has 2 aliphatic rings. The SMILES string of the molecule is COc1cc(N2CCC(O)(CC(=O)OC(C)(C)C)CC2)c(F)cc1N[C@H]1CCC(=O)NC1=O. The van der Waals surface area contributed by atoms with Gasteiger partial charge in [-0.25, -0.2) is 4.39 Å². The molecule has 0 saturated carbocycles. The molecule has 2 fully saturated rings. The molecule has 1 aromatic carbocycles. The van der Waals surface area contributed by atoms with Gasteiger partial charge in [0.25, 0.3) is 0 Å². The van der Waals surface area contributed by atoms with Crippen molar-refractivity contribution in [1.82, 2.24) is 5.32 Å². The van der Waals surface area contributed by atoms with Crippen LogP contribution in [0.15, 0.2) is 12.1 Å². The Hall–Kier alpha value is -2.88. The lowest BCUT2D eigenvalue weighted by Crippen LogP contribution is -2.47. The smallest absolute Gasteiger partial charge is 0.309 e. The molecule has 0 radical (unpaired) electrons. The number of methoxy groups -OCH3 is 1. The first kappa shape index (κ1) is 24.8. The average molecular weight is 466 g/mol. The zero-order valence-corrected chi connectivity index (χ0v) is 19.5. The van der Waals surface area contributed by atoms with E-state index >= 15 is 4.39 Å². The van der Waals surface area contributed by atoms with E-state index in [-0.39, 0.29) is 31.6 Å². The van der Waals surface area contributed by atoms with Crippen molar-refractivity contribution in [1.29, 1.82) is 0 Å². The van der Waals surface area contributed by atoms with Crippen molar-refractivity contribution in [3.63, 3.8) is 0 Å². The number of benzene rings is 1. The lowest BCUT2D eigenvalue weighted by molar-refractivity contribution is -0.161. The summed E-state index contributed by atoms with van der Waals surface area (Å²) in [5.74, 6) is -1.41. The highest BCUT2D eigenvalue weighted by Gasteiger charge is 2.37. The Kier molecular flexibility index (Phi) is 7.16. The number of hydrogen-bond acceptors (Lipinski definition) is 8. The summed E-state index contributed by atoms with van der Waals surface area (Å²) in [6.07, 6.45) is 0.957. The van der Waals surface area contributed by atoms with Crippen LogP contribution in [-0.2, 0) is 19.1 Å². The number of rotatable bonds is 6. The molecule has 2 heterocycles. The van der Waals surface area contributed by atoms with E-state index in [2.05, 4.69) is 10.6 Å². The summed E-state index contributed by atoms with van der Waals surface area (Å²) in [6, 6.07) is 2.14. The summed E-state index contributed by atoms with van der Waals surface area (Å²) in [5.41, 5.74) is -1.21. The van der Waals surface area contributed by atoms with Crippen LogP contribution in [0.25, 0.3) is 0 Å². The van der Waals surface area contributed by atoms with Gasteiger partial charge in [-0.05, 0) is 40.0 Å². The van der Waals surface area contributed by atoms with Gasteiger partial charge in [-0.2, -0.15) is 0 Å². The van der Waals surface area contributed by atoms with Crippen molar-refractivity contribution >= 4 is 29.2 Å². The summed E-state index contributed by atoms with van der Waals surface area (Å²) >= 11 is 0. The highest BCUT2D eigenvalue weighted by Crippen LogP contribution is 2.36. The van der Waals surface area contributed by atoms with Crippen LogP contribution in [0.5, 0.6) is 5.75 Å². The zero-order chi connectivity index (χ0) is 24.4. The fraction of sp³-hybridized carbons (Fsp3) is 0.609. The molecule has 3 rings (SSSR count). The molecule has 1 atom stereocenters. The number of esters is 1. The molecule has 0 aromatic heterocycles. The molecule has 0 aliphatic carbocycles. The van der Waals surface area contributed by atoms with Crippen LogP contribution in [0.3, 0.4) is 0 Å². The second-order valence-corrected chi connectivity index (χ2v) is 9.63. The molecule has 0 bridgehead atoms. The Balaban J connectivity index is 1.67. The largest absolute Gasteiger partial charge is 0.495 e. The lowest BCUT2D eigenvalue weighted by Gasteiger charge is -2.39. The van der Waals surface area contributed by atoms with E-state index in [0.29, 0.717) is 36.6 Å². The Bertz CT molecular complexity index is 922. The maximum Gasteiger partial charge on any atom is 0.309 e. The number of nitrogens with zero attached hydrogens (tertiary/aromatic N) is 1. The van der Waals surface area contributed by atoms with Gasteiger partial charge < -0.3 is 24.8 Å². The molecule has 2 saturated heterocycles. The number of halogens is 1. The summed E-state index contributed by atoms with van der Waals surface area (Å²) in [4.78, 5) is 37.3. The molecule has 2 aliphatic heterocycles. The Morgan fingerprint density at radius 3 is 2.55 bits per heavy atom. The van der Waals surface area contributed by atoms with E-state index < -0.39 is 34.9 Å². The minimum atomic E-state index is -1.20. The van der Waals surface area contributed by atoms with Gasteiger partial charge in [-0.1, -0.05) is 0 Å². The quantitative estimate of drug-likeness (QED) is 0.432. The van der Waals surface area contributed by atoms with E-state index in [4.69, 9.17) is 9.47 Å². The summed E-state index contributed by atoms with van der Waals surface area (Å²) in [5, 5.41) is 16.0. The van der Waals surface area contributed by atoms with Gasteiger partial charge in [0, 0.05) is 31.6 Å². The highest BCUT2D eigenvalue weighted by molar-refractivity contribution is 6.01. The molecule has 2 amide bonds. The molecular weight excluding hydrogens is 433 g/mol. The molecule has 10 heteroatoms. The van der Waals surface area contributed by atoms with Gasteiger partial charge in [0.05, 0.1) is 30.5 Å². The van der Waals surface area contributed by atoms with Gasteiger partial charge in [0.2, 0.25) is 11.8 Å². The first-order chi connectivity index (χ1) is 15.4. The third-order valence-electron chi connectivity index (χ3n) is 5.77. The van der Waals surface area contributed by atoms with Crippen molar-refractivity contribution in [3.8, 4) is 5.75 Å². The molecule has 9 nitrogen and oxygen atoms in total. The topological polar surface area (TPSA) is 117 Å². The second-order valence-electron chi connectivity index (χ2n) is 9.63. The number of nitrogens with one attached hydrogen (secondary N) is 2. The molecule has 0 unspecified atom stereocenters. The van der Waals surface area contributed by atoms with Crippen LogP contribution in [0.4, 0.5) is 15.8 Å². The van der Waals surface area contributed by atoms with Crippen molar-refractivity contribution in [2.24, 2.45) is 0 Å². The van der Waals surface area contributed by atoms with E-state index in [1.54, 1.807) is 31.7 Å². The van der Waals surface area contributed by atoms with Gasteiger partial charge >= 0.3 is 5.97 Å². The second kappa shape index (κ2) is 9.54. The number of piperidine rings is 2. The molecule has 182 valence electrons. The van der Waals surface area contributed by atoms with E-state index in [9.17, 15) is 19.5 Å². The number of ether oxygens (including phenoxy) is 2. The molecule has 3 N–H and O–H groups in total. The minimum Gasteiger partial charge on any atom is -0.495 e. The first-order valence-corrected chi connectivity index (χ1v) is 11.1. The fourth-order valence-corrected chi connectivity index (χ4v) is 4.07. The van der Waals surface area contributed by atoms with Crippen molar-refractivity contribution in [2.75, 3.05) is 30.4 Å². The van der Waals surface area contributed by atoms with Gasteiger partial charge in [-0.15, -0.1) is 0 Å². The number of carbonyl (C=O) groups is 3. The maximum atomic E-state index is 15.0. The normalized spacial score (nSPS) is 20.8. The van der Waals surface area contributed by atoms with Crippen LogP contribution >= 0.6 is 0 Å². The summed E-state index contributed by atoms with van der Waals surface area (Å²) < 4.78 is 25.7. The number of carbonyl (C=O) groups excluding carboxylic acids is 3. The Morgan fingerprint density at radius 2 is 1.97 bits per heavy atom. The van der Waals surface area contributed by atoms with E-state index in [1.165, 1.54) is 13.2 Å². The monoisotopic (exact) mass is 465 g/mol. The van der Waals surface area contributed by atoms with Crippen molar-refractivity contribution < 1.29 is 33.4 Å². The molecule has 1 aromatic rings. The van der Waals surface area contributed by atoms with E-state index in [1.807, 2.05) is 0 Å². The molecule has 0 spiro atoms. The fourth-order valence-electron chi connectivity index (χ4n) is 4.07. The number of hydrogen-bond donors (Lipinski definition) is 3. The molecule has 33 heavy (non-hydrogen) atoms. The highest BCUT2D eigenvalue weighted by atomic mass is 19.1. The van der Waals surface area contributed by atoms with Crippen LogP contribution in [0.1, 0.15) is 52.9 Å². The van der Waals surface area contributed by atoms with Crippen molar-refractivity contribution in [2.45, 2.75) is 70.1 Å². The predicted molar refractivity (Wildman–Crippen MR) is 120 cm³/mol. The number of aliphatic hydroxyl groups is 1. The number of anilines is 2. The number of amides is 2. The minimum absolute atomic E-state index is 0.112. The maximum absolute atomic E-state index is 15.0. The summed E-state index contributed by atoms with van der Waals surface area (Å²) in [7, 11) is 1.45. The van der Waals surface area contributed by atoms with Crippen LogP contribution in [0.2, 0.25) is 0 Å². The standard InChI is InChI=1S/C23H32FN3O6/c1-22(2,3)33-20(29)13-23(31)7-9-27(10-8-23)17-12-18(32-4)16(11-14(17)24)25-15-5-6-19(28)26-21(15)30/h11-12,15,25,31H,5-10,13H2,1-4H3,(H,26,28,30)/t15-/m0/s1. The van der Waals surface area contributed by atoms with Crippen LogP contribution in [-0.4, -0.2) is 60.3 Å². The molecular formula is C23H32FN3O6. The third kappa shape index (κ3) is 6.34. The third-order valence-corrected chi connectivity index (χ3v) is 5.77. The van der Waals surface area contributed by atoms with E-state index in [0.717, 1.165) is 0 Å². The Labute approximate surface area is 192 Å². The predicted octanol–water partition coefficient (Wildman–Crippen LogP) is 2.11. The van der Waals surface area contributed by atoms with Crippen LogP contribution in [0, 0.1) is 5.82 Å². The summed E-state index contributed by atoms with van der Waals surface area (Å²) in [6.45, 7) is 6.00. The van der Waals surface area contributed by atoms with Gasteiger partial charge in [0.1, 0.15) is 23.2 Å². The Morgan fingerprint density at radius 1 is 1.30 bits per heavy atom.